The number of hydrogen-bond donors (Lipinski definition) is 1. The third kappa shape index (κ3) is 8.65. The fraction of sp³-hybridized carbons (Fsp3) is 1.00. The molecule has 2 unspecified atom stereocenters. The largest absolute Gasteiger partial charge is 0.329 e. The second-order valence-electron chi connectivity index (χ2n) is 5.94. The Morgan fingerprint density at radius 3 is 2.05 bits per heavy atom. The third-order valence-electron chi connectivity index (χ3n) is 4.31. The van der Waals surface area contributed by atoms with Crippen LogP contribution >= 0.6 is 0 Å². The molecular formula is C17H38N2. The summed E-state index contributed by atoms with van der Waals surface area (Å²) in [5.74, 6) is 0. The maximum Gasteiger partial charge on any atom is 0.0221 e. The Balaban J connectivity index is 4.15. The molecule has 0 saturated carbocycles. The zero-order valence-corrected chi connectivity index (χ0v) is 14.0. The van der Waals surface area contributed by atoms with E-state index in [0.717, 1.165) is 6.54 Å². The quantitative estimate of drug-likeness (QED) is 0.497. The molecule has 116 valence electrons. The average molecular weight is 271 g/mol. The molecule has 2 heteroatoms. The fourth-order valence-electron chi connectivity index (χ4n) is 2.74. The van der Waals surface area contributed by atoms with Crippen molar-refractivity contribution in [1.82, 2.24) is 4.90 Å². The summed E-state index contributed by atoms with van der Waals surface area (Å²) in [4.78, 5) is 2.67. The molecule has 0 aromatic rings. The lowest BCUT2D eigenvalue weighted by Gasteiger charge is -2.36. The van der Waals surface area contributed by atoms with Crippen LogP contribution in [0.25, 0.3) is 0 Å². The van der Waals surface area contributed by atoms with Crippen LogP contribution < -0.4 is 5.73 Å². The molecule has 0 spiro atoms. The molecule has 0 aliphatic heterocycles. The van der Waals surface area contributed by atoms with Gasteiger partial charge >= 0.3 is 0 Å². The predicted octanol–water partition coefficient (Wildman–Crippen LogP) is 4.57. The van der Waals surface area contributed by atoms with Crippen molar-refractivity contribution in [3.8, 4) is 0 Å². The summed E-state index contributed by atoms with van der Waals surface area (Å²) < 4.78 is 0. The molecule has 0 rings (SSSR count). The van der Waals surface area contributed by atoms with E-state index < -0.39 is 0 Å². The van der Waals surface area contributed by atoms with Gasteiger partial charge in [0.25, 0.3) is 0 Å². The average Bonchev–Trinajstić information content (AvgIpc) is 2.44. The van der Waals surface area contributed by atoms with Crippen molar-refractivity contribution in [2.45, 2.75) is 97.6 Å². The first-order valence-electron chi connectivity index (χ1n) is 8.66. The van der Waals surface area contributed by atoms with Gasteiger partial charge in [0.05, 0.1) is 0 Å². The Morgan fingerprint density at radius 1 is 0.895 bits per heavy atom. The Labute approximate surface area is 122 Å². The van der Waals surface area contributed by atoms with E-state index in [2.05, 4.69) is 32.6 Å². The standard InChI is InChI=1S/C17H38N2/c1-5-8-10-11-12-13-17(15-18)19(14-9-6-2)16(4)7-3/h16-17H,5-15,18H2,1-4H3. The number of rotatable bonds is 13. The summed E-state index contributed by atoms with van der Waals surface area (Å²) in [5, 5.41) is 0. The zero-order valence-electron chi connectivity index (χ0n) is 14.0. The molecule has 0 amide bonds. The van der Waals surface area contributed by atoms with Gasteiger partial charge in [0, 0.05) is 18.6 Å². The summed E-state index contributed by atoms with van der Waals surface area (Å²) in [6.45, 7) is 11.2. The van der Waals surface area contributed by atoms with Gasteiger partial charge in [-0.3, -0.25) is 4.90 Å². The minimum Gasteiger partial charge on any atom is -0.329 e. The van der Waals surface area contributed by atoms with Crippen molar-refractivity contribution in [3.05, 3.63) is 0 Å². The molecule has 0 fully saturated rings. The third-order valence-corrected chi connectivity index (χ3v) is 4.31. The summed E-state index contributed by atoms with van der Waals surface area (Å²) in [6.07, 6.45) is 11.9. The van der Waals surface area contributed by atoms with Gasteiger partial charge in [0.15, 0.2) is 0 Å². The van der Waals surface area contributed by atoms with E-state index in [0.29, 0.717) is 12.1 Å². The molecule has 0 aliphatic rings. The van der Waals surface area contributed by atoms with Gasteiger partial charge in [-0.2, -0.15) is 0 Å². The Bertz CT molecular complexity index is 182. The van der Waals surface area contributed by atoms with Gasteiger partial charge in [-0.25, -0.2) is 0 Å². The van der Waals surface area contributed by atoms with Gasteiger partial charge in [0.1, 0.15) is 0 Å². The summed E-state index contributed by atoms with van der Waals surface area (Å²) in [6, 6.07) is 1.28. The molecule has 0 aromatic carbocycles. The highest BCUT2D eigenvalue weighted by Crippen LogP contribution is 2.16. The molecular weight excluding hydrogens is 232 g/mol. The van der Waals surface area contributed by atoms with E-state index in [9.17, 15) is 0 Å². The highest BCUT2D eigenvalue weighted by Gasteiger charge is 2.20. The van der Waals surface area contributed by atoms with Crippen molar-refractivity contribution in [1.29, 1.82) is 0 Å². The van der Waals surface area contributed by atoms with E-state index >= 15 is 0 Å². The molecule has 19 heavy (non-hydrogen) atoms. The van der Waals surface area contributed by atoms with E-state index in [4.69, 9.17) is 5.73 Å². The summed E-state index contributed by atoms with van der Waals surface area (Å²) in [5.41, 5.74) is 6.04. The first kappa shape index (κ1) is 18.9. The van der Waals surface area contributed by atoms with Crippen LogP contribution in [0, 0.1) is 0 Å². The van der Waals surface area contributed by atoms with Crippen molar-refractivity contribution in [3.63, 3.8) is 0 Å². The monoisotopic (exact) mass is 270 g/mol. The molecule has 0 saturated heterocycles. The second-order valence-corrected chi connectivity index (χ2v) is 5.94. The van der Waals surface area contributed by atoms with Crippen LogP contribution in [0.3, 0.4) is 0 Å². The van der Waals surface area contributed by atoms with Crippen LogP contribution in [0.15, 0.2) is 0 Å². The van der Waals surface area contributed by atoms with Crippen LogP contribution in [0.4, 0.5) is 0 Å². The number of nitrogens with zero attached hydrogens (tertiary/aromatic N) is 1. The van der Waals surface area contributed by atoms with E-state index in [1.165, 1.54) is 64.3 Å². The normalized spacial score (nSPS) is 14.8. The highest BCUT2D eigenvalue weighted by atomic mass is 15.2. The Hall–Kier alpha value is -0.0800. The molecule has 0 bridgehead atoms. The van der Waals surface area contributed by atoms with Crippen molar-refractivity contribution in [2.75, 3.05) is 13.1 Å². The summed E-state index contributed by atoms with van der Waals surface area (Å²) in [7, 11) is 0. The first-order chi connectivity index (χ1) is 9.21. The van der Waals surface area contributed by atoms with Crippen molar-refractivity contribution >= 4 is 0 Å². The van der Waals surface area contributed by atoms with Crippen molar-refractivity contribution in [2.24, 2.45) is 5.73 Å². The van der Waals surface area contributed by atoms with Gasteiger partial charge in [-0.15, -0.1) is 0 Å². The first-order valence-corrected chi connectivity index (χ1v) is 8.66. The predicted molar refractivity (Wildman–Crippen MR) is 87.6 cm³/mol. The number of nitrogens with two attached hydrogens (primary N) is 1. The van der Waals surface area contributed by atoms with Crippen LogP contribution in [0.1, 0.15) is 85.5 Å². The topological polar surface area (TPSA) is 29.3 Å². The maximum absolute atomic E-state index is 6.04. The van der Waals surface area contributed by atoms with Gasteiger partial charge in [-0.05, 0) is 32.7 Å². The number of unbranched alkanes of at least 4 members (excludes halogenated alkanes) is 5. The van der Waals surface area contributed by atoms with Crippen LogP contribution in [-0.2, 0) is 0 Å². The minimum atomic E-state index is 0.600. The SMILES string of the molecule is CCCCCCCC(CN)N(CCCC)C(C)CC. The van der Waals surface area contributed by atoms with Gasteiger partial charge in [0.2, 0.25) is 0 Å². The smallest absolute Gasteiger partial charge is 0.0221 e. The molecule has 0 aliphatic carbocycles. The van der Waals surface area contributed by atoms with Gasteiger partial charge < -0.3 is 5.73 Å². The molecule has 2 atom stereocenters. The molecule has 2 N–H and O–H groups in total. The second kappa shape index (κ2) is 12.9. The molecule has 0 aromatic heterocycles. The Morgan fingerprint density at radius 2 is 1.53 bits per heavy atom. The lowest BCUT2D eigenvalue weighted by molar-refractivity contribution is 0.131. The van der Waals surface area contributed by atoms with Gasteiger partial charge in [-0.1, -0.05) is 59.3 Å². The van der Waals surface area contributed by atoms with E-state index in [1.807, 2.05) is 0 Å². The highest BCUT2D eigenvalue weighted by molar-refractivity contribution is 4.77. The van der Waals surface area contributed by atoms with Crippen LogP contribution in [0.5, 0.6) is 0 Å². The molecule has 0 radical (unpaired) electrons. The summed E-state index contributed by atoms with van der Waals surface area (Å²) >= 11 is 0. The lowest BCUT2D eigenvalue weighted by Crippen LogP contribution is -2.46. The van der Waals surface area contributed by atoms with Crippen LogP contribution in [-0.4, -0.2) is 30.1 Å². The molecule has 0 heterocycles. The minimum absolute atomic E-state index is 0.600. The Kier molecular flexibility index (Phi) is 12.9. The zero-order chi connectivity index (χ0) is 14.5. The van der Waals surface area contributed by atoms with E-state index in [-0.39, 0.29) is 0 Å². The van der Waals surface area contributed by atoms with Crippen molar-refractivity contribution < 1.29 is 0 Å². The van der Waals surface area contributed by atoms with E-state index in [1.54, 1.807) is 0 Å². The maximum atomic E-state index is 6.04. The molecule has 2 nitrogen and oxygen atoms in total. The fourth-order valence-corrected chi connectivity index (χ4v) is 2.74. The van der Waals surface area contributed by atoms with Crippen LogP contribution in [0.2, 0.25) is 0 Å². The lowest BCUT2D eigenvalue weighted by atomic mass is 10.0. The number of hydrogen-bond acceptors (Lipinski definition) is 2.